The van der Waals surface area contributed by atoms with E-state index in [0.717, 1.165) is 11.3 Å². The van der Waals surface area contributed by atoms with Crippen molar-refractivity contribution in [2.45, 2.75) is 27.4 Å². The van der Waals surface area contributed by atoms with E-state index < -0.39 is 5.97 Å². The van der Waals surface area contributed by atoms with Crippen LogP contribution in [0.25, 0.3) is 0 Å². The average Bonchev–Trinajstić information content (AvgIpc) is 2.48. The molecule has 0 spiro atoms. The third-order valence-electron chi connectivity index (χ3n) is 3.21. The molecule has 0 fully saturated rings. The Morgan fingerprint density at radius 3 is 2.68 bits per heavy atom. The quantitative estimate of drug-likeness (QED) is 0.853. The summed E-state index contributed by atoms with van der Waals surface area (Å²) < 4.78 is 10.5. The maximum absolute atomic E-state index is 11.6. The van der Waals surface area contributed by atoms with Crippen LogP contribution in [-0.2, 0) is 11.3 Å². The third-order valence-corrected chi connectivity index (χ3v) is 3.21. The van der Waals surface area contributed by atoms with Crippen molar-refractivity contribution in [3.05, 3.63) is 46.9 Å². The number of anilines is 1. The van der Waals surface area contributed by atoms with E-state index in [2.05, 4.69) is 9.97 Å². The molecule has 2 rings (SSSR count). The molecule has 6 nitrogen and oxygen atoms in total. The summed E-state index contributed by atoms with van der Waals surface area (Å²) in [6.07, 6.45) is 1.36. The van der Waals surface area contributed by atoms with Crippen molar-refractivity contribution < 1.29 is 14.3 Å². The van der Waals surface area contributed by atoms with Gasteiger partial charge in [0.2, 0.25) is 0 Å². The van der Waals surface area contributed by atoms with E-state index in [1.54, 1.807) is 6.92 Å². The highest BCUT2D eigenvalue weighted by Gasteiger charge is 2.13. The molecule has 0 aliphatic heterocycles. The van der Waals surface area contributed by atoms with Crippen molar-refractivity contribution in [3.8, 4) is 5.75 Å². The van der Waals surface area contributed by atoms with Gasteiger partial charge in [-0.25, -0.2) is 14.8 Å². The molecule has 0 saturated carbocycles. The number of rotatable bonds is 5. The Hall–Kier alpha value is -2.63. The Kier molecular flexibility index (Phi) is 4.93. The number of aromatic nitrogens is 2. The Balaban J connectivity index is 2.06. The molecule has 116 valence electrons. The van der Waals surface area contributed by atoms with Gasteiger partial charge in [-0.3, -0.25) is 0 Å². The van der Waals surface area contributed by atoms with Crippen LogP contribution >= 0.6 is 0 Å². The fourth-order valence-electron chi connectivity index (χ4n) is 1.82. The molecule has 0 saturated heterocycles. The van der Waals surface area contributed by atoms with Crippen LogP contribution in [0.2, 0.25) is 0 Å². The normalized spacial score (nSPS) is 10.3. The first-order valence-electron chi connectivity index (χ1n) is 6.99. The molecular formula is C16H19N3O3. The van der Waals surface area contributed by atoms with Crippen molar-refractivity contribution in [1.82, 2.24) is 9.97 Å². The molecule has 1 heterocycles. The molecule has 2 N–H and O–H groups in total. The molecule has 0 unspecified atom stereocenters. The van der Waals surface area contributed by atoms with Gasteiger partial charge in [-0.15, -0.1) is 0 Å². The van der Waals surface area contributed by atoms with Crippen LogP contribution in [0.5, 0.6) is 5.75 Å². The number of benzene rings is 1. The topological polar surface area (TPSA) is 87.3 Å². The van der Waals surface area contributed by atoms with E-state index >= 15 is 0 Å². The number of nitrogens with zero attached hydrogens (tertiary/aromatic N) is 2. The standard InChI is InChI=1S/C16H19N3O3/c1-4-21-16(20)13-8-18-14(19-15(13)17)9-22-12-6-5-10(2)11(3)7-12/h5-8H,4,9H2,1-3H3,(H2,17,18,19). The van der Waals surface area contributed by atoms with Crippen LogP contribution < -0.4 is 10.5 Å². The number of aryl methyl sites for hydroxylation is 2. The zero-order chi connectivity index (χ0) is 16.1. The largest absolute Gasteiger partial charge is 0.486 e. The van der Waals surface area contributed by atoms with Gasteiger partial charge in [-0.1, -0.05) is 6.07 Å². The molecule has 0 aliphatic carbocycles. The van der Waals surface area contributed by atoms with Crippen molar-refractivity contribution in [2.24, 2.45) is 0 Å². The summed E-state index contributed by atoms with van der Waals surface area (Å²) >= 11 is 0. The lowest BCUT2D eigenvalue weighted by Crippen LogP contribution is -2.12. The minimum Gasteiger partial charge on any atom is -0.486 e. The van der Waals surface area contributed by atoms with Crippen LogP contribution in [-0.4, -0.2) is 22.5 Å². The maximum atomic E-state index is 11.6. The van der Waals surface area contributed by atoms with Gasteiger partial charge < -0.3 is 15.2 Å². The first kappa shape index (κ1) is 15.8. The first-order chi connectivity index (χ1) is 10.5. The number of esters is 1. The molecule has 6 heteroatoms. The Bertz CT molecular complexity index is 686. The van der Waals surface area contributed by atoms with Gasteiger partial charge >= 0.3 is 5.97 Å². The van der Waals surface area contributed by atoms with E-state index in [4.69, 9.17) is 15.2 Å². The minimum absolute atomic E-state index is 0.0899. The van der Waals surface area contributed by atoms with Gasteiger partial charge in [0, 0.05) is 6.20 Å². The van der Waals surface area contributed by atoms with E-state index in [9.17, 15) is 4.79 Å². The Morgan fingerprint density at radius 1 is 1.27 bits per heavy atom. The first-order valence-corrected chi connectivity index (χ1v) is 6.99. The molecule has 22 heavy (non-hydrogen) atoms. The average molecular weight is 301 g/mol. The number of ether oxygens (including phenoxy) is 2. The molecular weight excluding hydrogens is 282 g/mol. The summed E-state index contributed by atoms with van der Waals surface area (Å²) in [6.45, 7) is 6.23. The van der Waals surface area contributed by atoms with E-state index in [1.807, 2.05) is 32.0 Å². The molecule has 1 aromatic heterocycles. The lowest BCUT2D eigenvalue weighted by molar-refractivity contribution is 0.0526. The second-order valence-corrected chi connectivity index (χ2v) is 4.84. The fraction of sp³-hybridized carbons (Fsp3) is 0.312. The summed E-state index contributed by atoms with van der Waals surface area (Å²) in [5.41, 5.74) is 8.27. The smallest absolute Gasteiger partial charge is 0.343 e. The zero-order valence-electron chi connectivity index (χ0n) is 12.9. The van der Waals surface area contributed by atoms with Crippen LogP contribution in [0.15, 0.2) is 24.4 Å². The summed E-state index contributed by atoms with van der Waals surface area (Å²) in [6, 6.07) is 5.83. The fourth-order valence-corrected chi connectivity index (χ4v) is 1.82. The molecule has 2 aromatic rings. The number of carbonyl (C=O) groups is 1. The van der Waals surface area contributed by atoms with Crippen molar-refractivity contribution in [2.75, 3.05) is 12.3 Å². The molecule has 1 aromatic carbocycles. The molecule has 0 bridgehead atoms. The van der Waals surface area contributed by atoms with E-state index in [0.29, 0.717) is 5.82 Å². The number of hydrogen-bond donors (Lipinski definition) is 1. The molecule has 0 aliphatic rings. The van der Waals surface area contributed by atoms with E-state index in [-0.39, 0.29) is 24.6 Å². The zero-order valence-corrected chi connectivity index (χ0v) is 12.9. The van der Waals surface area contributed by atoms with Gasteiger partial charge in [0.15, 0.2) is 5.82 Å². The highest BCUT2D eigenvalue weighted by atomic mass is 16.5. The molecule has 0 atom stereocenters. The van der Waals surface area contributed by atoms with E-state index in [1.165, 1.54) is 11.8 Å². The highest BCUT2D eigenvalue weighted by Crippen LogP contribution is 2.17. The van der Waals surface area contributed by atoms with Gasteiger partial charge in [-0.05, 0) is 44.0 Å². The molecule has 0 amide bonds. The van der Waals surface area contributed by atoms with Crippen molar-refractivity contribution >= 4 is 11.8 Å². The third kappa shape index (κ3) is 3.72. The van der Waals surface area contributed by atoms with Gasteiger partial charge in [-0.2, -0.15) is 0 Å². The van der Waals surface area contributed by atoms with Crippen LogP contribution in [0.1, 0.15) is 34.2 Å². The number of nitrogen functional groups attached to an aromatic ring is 1. The lowest BCUT2D eigenvalue weighted by atomic mass is 10.1. The molecule has 0 radical (unpaired) electrons. The van der Waals surface area contributed by atoms with Crippen LogP contribution in [0.4, 0.5) is 5.82 Å². The van der Waals surface area contributed by atoms with Crippen LogP contribution in [0.3, 0.4) is 0 Å². The van der Waals surface area contributed by atoms with Gasteiger partial charge in [0.1, 0.15) is 23.7 Å². The van der Waals surface area contributed by atoms with Gasteiger partial charge in [0.05, 0.1) is 6.61 Å². The Morgan fingerprint density at radius 2 is 2.05 bits per heavy atom. The lowest BCUT2D eigenvalue weighted by Gasteiger charge is -2.09. The number of nitrogens with two attached hydrogens (primary N) is 1. The summed E-state index contributed by atoms with van der Waals surface area (Å²) in [7, 11) is 0. The predicted molar refractivity (Wildman–Crippen MR) is 82.6 cm³/mol. The SMILES string of the molecule is CCOC(=O)c1cnc(COc2ccc(C)c(C)c2)nc1N. The second kappa shape index (κ2) is 6.89. The Labute approximate surface area is 129 Å². The maximum Gasteiger partial charge on any atom is 0.343 e. The number of hydrogen-bond acceptors (Lipinski definition) is 6. The van der Waals surface area contributed by atoms with Gasteiger partial charge in [0.25, 0.3) is 0 Å². The summed E-state index contributed by atoms with van der Waals surface area (Å²) in [5.74, 6) is 0.706. The predicted octanol–water partition coefficient (Wildman–Crippen LogP) is 2.43. The van der Waals surface area contributed by atoms with Crippen LogP contribution in [0, 0.1) is 13.8 Å². The summed E-state index contributed by atoms with van der Waals surface area (Å²) in [5, 5.41) is 0. The minimum atomic E-state index is -0.526. The summed E-state index contributed by atoms with van der Waals surface area (Å²) in [4.78, 5) is 19.8. The van der Waals surface area contributed by atoms with Crippen molar-refractivity contribution in [3.63, 3.8) is 0 Å². The number of carbonyl (C=O) groups excluding carboxylic acids is 1. The second-order valence-electron chi connectivity index (χ2n) is 4.84. The monoisotopic (exact) mass is 301 g/mol. The van der Waals surface area contributed by atoms with Crippen molar-refractivity contribution in [1.29, 1.82) is 0 Å². The highest BCUT2D eigenvalue weighted by molar-refractivity contribution is 5.93.